The Balaban J connectivity index is 1.95. The molecule has 138 valence electrons. The zero-order valence-electron chi connectivity index (χ0n) is 15.0. The Morgan fingerprint density at radius 2 is 1.42 bits per heavy atom. The van der Waals surface area contributed by atoms with Gasteiger partial charge in [0.15, 0.2) is 0 Å². The molecule has 1 unspecified atom stereocenters. The Kier molecular flexibility index (Phi) is 8.03. The number of ketones is 1. The van der Waals surface area contributed by atoms with Crippen molar-refractivity contribution in [3.05, 3.63) is 71.8 Å². The highest BCUT2D eigenvalue weighted by atomic mass is 16.4. The minimum absolute atomic E-state index is 0.0919. The number of rotatable bonds is 11. The number of hydrogen-bond donors (Lipinski definition) is 2. The molecule has 4 heteroatoms. The second-order valence-electron chi connectivity index (χ2n) is 6.79. The van der Waals surface area contributed by atoms with Crippen LogP contribution in [0.2, 0.25) is 0 Å². The number of Topliss-reactive ketones (excluding diaryl/α,β-unsaturated/α-hetero) is 1. The van der Waals surface area contributed by atoms with E-state index in [0.29, 0.717) is 32.1 Å². The Morgan fingerprint density at radius 3 is 1.96 bits per heavy atom. The Bertz CT molecular complexity index is 685. The van der Waals surface area contributed by atoms with Crippen molar-refractivity contribution in [3.63, 3.8) is 0 Å². The molecule has 0 heterocycles. The first kappa shape index (κ1) is 19.9. The standard InChI is InChI=1S/C22H27NO3/c23-20(15-18-10-5-2-6-11-18)16-21(24)19(12-7-13-22(25)26)14-17-8-3-1-4-9-17/h1-6,8-11,19-20H,7,12-16,23H2,(H,25,26)/t19?,20-/m0/s1. The molecule has 0 saturated heterocycles. The van der Waals surface area contributed by atoms with Gasteiger partial charge in [-0.25, -0.2) is 0 Å². The minimum Gasteiger partial charge on any atom is -0.481 e. The van der Waals surface area contributed by atoms with Crippen LogP contribution in [-0.4, -0.2) is 22.9 Å². The summed E-state index contributed by atoms with van der Waals surface area (Å²) in [6.45, 7) is 0. The lowest BCUT2D eigenvalue weighted by atomic mass is 9.87. The summed E-state index contributed by atoms with van der Waals surface area (Å²) >= 11 is 0. The normalized spacial score (nSPS) is 13.1. The second-order valence-corrected chi connectivity index (χ2v) is 6.79. The zero-order chi connectivity index (χ0) is 18.8. The molecule has 3 N–H and O–H groups in total. The van der Waals surface area contributed by atoms with Crippen molar-refractivity contribution in [2.75, 3.05) is 0 Å². The second kappa shape index (κ2) is 10.5. The van der Waals surface area contributed by atoms with E-state index in [1.165, 1.54) is 0 Å². The van der Waals surface area contributed by atoms with E-state index in [4.69, 9.17) is 10.8 Å². The van der Waals surface area contributed by atoms with Gasteiger partial charge < -0.3 is 10.8 Å². The average molecular weight is 353 g/mol. The van der Waals surface area contributed by atoms with Crippen molar-refractivity contribution < 1.29 is 14.7 Å². The number of nitrogens with two attached hydrogens (primary N) is 1. The summed E-state index contributed by atoms with van der Waals surface area (Å²) in [7, 11) is 0. The van der Waals surface area contributed by atoms with Crippen LogP contribution in [0.25, 0.3) is 0 Å². The molecule has 2 aromatic rings. The quantitative estimate of drug-likeness (QED) is 0.646. The van der Waals surface area contributed by atoms with Crippen LogP contribution >= 0.6 is 0 Å². The predicted octanol–water partition coefficient (Wildman–Crippen LogP) is 3.63. The molecule has 0 aliphatic heterocycles. The fourth-order valence-electron chi connectivity index (χ4n) is 3.19. The lowest BCUT2D eigenvalue weighted by molar-refractivity contribution is -0.137. The first-order valence-corrected chi connectivity index (χ1v) is 9.12. The fourth-order valence-corrected chi connectivity index (χ4v) is 3.19. The summed E-state index contributed by atoms with van der Waals surface area (Å²) in [6.07, 6.45) is 2.80. The number of aliphatic carboxylic acids is 1. The van der Waals surface area contributed by atoms with Crippen molar-refractivity contribution in [1.82, 2.24) is 0 Å². The van der Waals surface area contributed by atoms with Crippen LogP contribution in [0.15, 0.2) is 60.7 Å². The van der Waals surface area contributed by atoms with E-state index in [1.54, 1.807) is 0 Å². The summed E-state index contributed by atoms with van der Waals surface area (Å²) in [5.74, 6) is -0.877. The van der Waals surface area contributed by atoms with Crippen LogP contribution < -0.4 is 5.73 Å². The van der Waals surface area contributed by atoms with E-state index >= 15 is 0 Å². The van der Waals surface area contributed by atoms with Crippen LogP contribution in [0.3, 0.4) is 0 Å². The Labute approximate surface area is 155 Å². The molecular weight excluding hydrogens is 326 g/mol. The van der Waals surface area contributed by atoms with Gasteiger partial charge >= 0.3 is 5.97 Å². The van der Waals surface area contributed by atoms with Gasteiger partial charge in [-0.15, -0.1) is 0 Å². The number of benzene rings is 2. The van der Waals surface area contributed by atoms with Crippen molar-refractivity contribution in [2.45, 2.75) is 44.6 Å². The van der Waals surface area contributed by atoms with E-state index in [0.717, 1.165) is 11.1 Å². The number of carboxylic acids is 1. The van der Waals surface area contributed by atoms with Gasteiger partial charge in [0, 0.05) is 24.8 Å². The lowest BCUT2D eigenvalue weighted by Gasteiger charge is -2.18. The number of carbonyl (C=O) groups is 2. The maximum Gasteiger partial charge on any atom is 0.303 e. The van der Waals surface area contributed by atoms with Crippen LogP contribution in [0.5, 0.6) is 0 Å². The molecule has 0 amide bonds. The smallest absolute Gasteiger partial charge is 0.303 e. The summed E-state index contributed by atoms with van der Waals surface area (Å²) in [5, 5.41) is 8.86. The summed E-state index contributed by atoms with van der Waals surface area (Å²) in [6, 6.07) is 19.5. The van der Waals surface area contributed by atoms with Gasteiger partial charge in [0.05, 0.1) is 0 Å². The topological polar surface area (TPSA) is 80.4 Å². The third-order valence-electron chi connectivity index (χ3n) is 4.53. The molecule has 0 saturated carbocycles. The molecule has 0 aliphatic rings. The maximum absolute atomic E-state index is 12.8. The molecular formula is C22H27NO3. The molecule has 2 rings (SSSR count). The summed E-state index contributed by atoms with van der Waals surface area (Å²) in [4.78, 5) is 23.6. The number of carboxylic acid groups (broad SMARTS) is 1. The fraction of sp³-hybridized carbons (Fsp3) is 0.364. The highest BCUT2D eigenvalue weighted by Gasteiger charge is 2.21. The minimum atomic E-state index is -0.823. The SMILES string of the molecule is N[C@H](CC(=O)C(CCCC(=O)O)Cc1ccccc1)Cc1ccccc1. The Morgan fingerprint density at radius 1 is 0.885 bits per heavy atom. The number of carbonyl (C=O) groups excluding carboxylic acids is 1. The summed E-state index contributed by atoms with van der Waals surface area (Å²) < 4.78 is 0. The van der Waals surface area contributed by atoms with Gasteiger partial charge in [-0.3, -0.25) is 9.59 Å². The number of hydrogen-bond acceptors (Lipinski definition) is 3. The first-order valence-electron chi connectivity index (χ1n) is 9.12. The lowest BCUT2D eigenvalue weighted by Crippen LogP contribution is -2.30. The molecule has 0 aromatic heterocycles. The largest absolute Gasteiger partial charge is 0.481 e. The molecule has 0 spiro atoms. The first-order chi connectivity index (χ1) is 12.5. The third kappa shape index (κ3) is 7.19. The zero-order valence-corrected chi connectivity index (χ0v) is 15.0. The Hall–Kier alpha value is -2.46. The van der Waals surface area contributed by atoms with E-state index in [9.17, 15) is 9.59 Å². The highest BCUT2D eigenvalue weighted by Crippen LogP contribution is 2.19. The van der Waals surface area contributed by atoms with Gasteiger partial charge in [0.2, 0.25) is 0 Å². The molecule has 2 atom stereocenters. The van der Waals surface area contributed by atoms with Crippen molar-refractivity contribution in [2.24, 2.45) is 11.7 Å². The van der Waals surface area contributed by atoms with Gasteiger partial charge in [-0.2, -0.15) is 0 Å². The molecule has 0 aliphatic carbocycles. The van der Waals surface area contributed by atoms with E-state index in [-0.39, 0.29) is 24.2 Å². The van der Waals surface area contributed by atoms with Crippen LogP contribution in [0.4, 0.5) is 0 Å². The molecule has 0 fully saturated rings. The van der Waals surface area contributed by atoms with Crippen LogP contribution in [0, 0.1) is 5.92 Å². The molecule has 2 aromatic carbocycles. The van der Waals surface area contributed by atoms with E-state index in [1.807, 2.05) is 60.7 Å². The average Bonchev–Trinajstić information content (AvgIpc) is 2.62. The van der Waals surface area contributed by atoms with E-state index in [2.05, 4.69) is 0 Å². The maximum atomic E-state index is 12.8. The van der Waals surface area contributed by atoms with Crippen LogP contribution in [-0.2, 0) is 22.4 Å². The van der Waals surface area contributed by atoms with Crippen molar-refractivity contribution in [1.29, 1.82) is 0 Å². The van der Waals surface area contributed by atoms with Crippen molar-refractivity contribution >= 4 is 11.8 Å². The molecule has 26 heavy (non-hydrogen) atoms. The molecule has 4 nitrogen and oxygen atoms in total. The van der Waals surface area contributed by atoms with E-state index < -0.39 is 5.97 Å². The van der Waals surface area contributed by atoms with Gasteiger partial charge in [-0.1, -0.05) is 60.7 Å². The molecule has 0 bridgehead atoms. The van der Waals surface area contributed by atoms with Crippen LogP contribution in [0.1, 0.15) is 36.8 Å². The monoisotopic (exact) mass is 353 g/mol. The predicted molar refractivity (Wildman–Crippen MR) is 103 cm³/mol. The van der Waals surface area contributed by atoms with Gasteiger partial charge in [-0.05, 0) is 36.8 Å². The highest BCUT2D eigenvalue weighted by molar-refractivity contribution is 5.82. The van der Waals surface area contributed by atoms with Crippen molar-refractivity contribution in [3.8, 4) is 0 Å². The van der Waals surface area contributed by atoms with Gasteiger partial charge in [0.1, 0.15) is 5.78 Å². The third-order valence-corrected chi connectivity index (χ3v) is 4.53. The molecule has 0 radical (unpaired) electrons. The summed E-state index contributed by atoms with van der Waals surface area (Å²) in [5.41, 5.74) is 8.42. The van der Waals surface area contributed by atoms with Gasteiger partial charge in [0.25, 0.3) is 0 Å².